The molecule has 0 saturated carbocycles. The van der Waals surface area contributed by atoms with Gasteiger partial charge in [0.25, 0.3) is 0 Å². The predicted molar refractivity (Wildman–Crippen MR) is 82.4 cm³/mol. The molecule has 1 atom stereocenters. The van der Waals surface area contributed by atoms with Crippen molar-refractivity contribution in [1.29, 1.82) is 5.26 Å². The van der Waals surface area contributed by atoms with Crippen LogP contribution in [0, 0.1) is 16.7 Å². The summed E-state index contributed by atoms with van der Waals surface area (Å²) in [5, 5.41) is 9.02. The van der Waals surface area contributed by atoms with Crippen LogP contribution in [0.3, 0.4) is 0 Å². The van der Waals surface area contributed by atoms with Gasteiger partial charge in [-0.2, -0.15) is 5.26 Å². The van der Waals surface area contributed by atoms with Crippen molar-refractivity contribution >= 4 is 5.78 Å². The topological polar surface area (TPSA) is 44.1 Å². The summed E-state index contributed by atoms with van der Waals surface area (Å²) >= 11 is 0. The number of carbonyl (C=O) groups excluding carboxylic acids is 1. The quantitative estimate of drug-likeness (QED) is 0.663. The van der Waals surface area contributed by atoms with Crippen LogP contribution >= 0.6 is 0 Å². The van der Waals surface area contributed by atoms with Gasteiger partial charge in [-0.15, -0.1) is 0 Å². The summed E-state index contributed by atoms with van der Waals surface area (Å²) < 4.78 is 0. The third kappa shape index (κ3) is 6.52. The lowest BCUT2D eigenvalue weighted by Crippen LogP contribution is -2.37. The Kier molecular flexibility index (Phi) is 7.23. The van der Waals surface area contributed by atoms with Crippen LogP contribution in [0.15, 0.2) is 0 Å². The number of hydrogen-bond donors (Lipinski definition) is 0. The minimum absolute atomic E-state index is 0.197. The summed E-state index contributed by atoms with van der Waals surface area (Å²) in [6.07, 6.45) is 8.91. The largest absolute Gasteiger partial charge is 0.300 e. The van der Waals surface area contributed by atoms with Crippen molar-refractivity contribution in [1.82, 2.24) is 4.90 Å². The van der Waals surface area contributed by atoms with Crippen molar-refractivity contribution in [3.05, 3.63) is 0 Å². The molecular weight excluding hydrogens is 248 g/mol. The minimum atomic E-state index is -0.197. The van der Waals surface area contributed by atoms with E-state index >= 15 is 0 Å². The highest BCUT2D eigenvalue weighted by Crippen LogP contribution is 2.23. The Morgan fingerprint density at radius 3 is 2.70 bits per heavy atom. The van der Waals surface area contributed by atoms with Gasteiger partial charge in [0, 0.05) is 12.5 Å². The van der Waals surface area contributed by atoms with Crippen LogP contribution in [0.2, 0.25) is 0 Å². The fourth-order valence-corrected chi connectivity index (χ4v) is 3.03. The molecule has 0 bridgehead atoms. The van der Waals surface area contributed by atoms with E-state index in [1.807, 2.05) is 13.8 Å². The van der Waals surface area contributed by atoms with Gasteiger partial charge in [0.2, 0.25) is 0 Å². The number of unbranched alkanes of at least 4 members (excludes halogenated alkanes) is 1. The Bertz CT molecular complexity index is 343. The number of ketones is 1. The first-order valence-electron chi connectivity index (χ1n) is 8.09. The van der Waals surface area contributed by atoms with Crippen molar-refractivity contribution in [2.75, 3.05) is 13.1 Å². The molecule has 3 heteroatoms. The number of rotatable bonds is 7. The second-order valence-electron chi connectivity index (χ2n) is 6.90. The summed E-state index contributed by atoms with van der Waals surface area (Å²) in [5.41, 5.74) is -0.197. The Morgan fingerprint density at radius 2 is 2.05 bits per heavy atom. The standard InChI is InChI=1S/C17H30N2O/c1-15(20)13-16-9-5-4-7-11-19(16)12-8-6-10-17(2,3)14-18/h16H,4-13H2,1-3H3. The number of nitrogens with zero attached hydrogens (tertiary/aromatic N) is 2. The number of likely N-dealkylation sites (tertiary alicyclic amines) is 1. The van der Waals surface area contributed by atoms with Crippen LogP contribution in [0.1, 0.15) is 72.1 Å². The van der Waals surface area contributed by atoms with Crippen molar-refractivity contribution in [2.45, 2.75) is 78.2 Å². The number of nitriles is 1. The Labute approximate surface area is 124 Å². The molecule has 1 heterocycles. The highest BCUT2D eigenvalue weighted by molar-refractivity contribution is 5.76. The lowest BCUT2D eigenvalue weighted by molar-refractivity contribution is -0.118. The molecular formula is C17H30N2O. The van der Waals surface area contributed by atoms with Crippen LogP contribution in [0.4, 0.5) is 0 Å². The van der Waals surface area contributed by atoms with Crippen molar-refractivity contribution in [3.63, 3.8) is 0 Å². The lowest BCUT2D eigenvalue weighted by atomic mass is 9.89. The first kappa shape index (κ1) is 17.2. The maximum absolute atomic E-state index is 11.4. The van der Waals surface area contributed by atoms with Gasteiger partial charge in [-0.25, -0.2) is 0 Å². The van der Waals surface area contributed by atoms with Crippen LogP contribution in [-0.4, -0.2) is 29.8 Å². The van der Waals surface area contributed by atoms with Crippen LogP contribution in [0.5, 0.6) is 0 Å². The van der Waals surface area contributed by atoms with E-state index in [0.29, 0.717) is 18.2 Å². The smallest absolute Gasteiger partial charge is 0.131 e. The average molecular weight is 278 g/mol. The molecule has 0 amide bonds. The van der Waals surface area contributed by atoms with Gasteiger partial charge in [-0.3, -0.25) is 9.69 Å². The van der Waals surface area contributed by atoms with E-state index in [0.717, 1.165) is 32.4 Å². The van der Waals surface area contributed by atoms with Gasteiger partial charge in [0.15, 0.2) is 0 Å². The zero-order chi connectivity index (χ0) is 15.0. The SMILES string of the molecule is CC(=O)CC1CCCCCN1CCCCC(C)(C)C#N. The molecule has 20 heavy (non-hydrogen) atoms. The third-order valence-electron chi connectivity index (χ3n) is 4.32. The number of Topliss-reactive ketones (excluding diaryl/α,β-unsaturated/α-hetero) is 1. The predicted octanol–water partition coefficient (Wildman–Crippen LogP) is 3.93. The van der Waals surface area contributed by atoms with E-state index in [9.17, 15) is 4.79 Å². The third-order valence-corrected chi connectivity index (χ3v) is 4.32. The molecule has 0 radical (unpaired) electrons. The van der Waals surface area contributed by atoms with E-state index in [1.54, 1.807) is 6.92 Å². The van der Waals surface area contributed by atoms with Crippen LogP contribution in [-0.2, 0) is 4.79 Å². The van der Waals surface area contributed by atoms with Crippen molar-refractivity contribution in [3.8, 4) is 6.07 Å². The molecule has 1 fully saturated rings. The first-order chi connectivity index (χ1) is 9.44. The zero-order valence-corrected chi connectivity index (χ0v) is 13.5. The van der Waals surface area contributed by atoms with Gasteiger partial charge in [-0.05, 0) is 59.5 Å². The molecule has 0 aromatic rings. The monoisotopic (exact) mass is 278 g/mol. The van der Waals surface area contributed by atoms with E-state index in [2.05, 4.69) is 11.0 Å². The number of carbonyl (C=O) groups is 1. The van der Waals surface area contributed by atoms with Crippen LogP contribution < -0.4 is 0 Å². The molecule has 0 spiro atoms. The molecule has 1 rings (SSSR count). The van der Waals surface area contributed by atoms with Gasteiger partial charge in [-0.1, -0.05) is 19.3 Å². The molecule has 1 aliphatic rings. The van der Waals surface area contributed by atoms with E-state index in [4.69, 9.17) is 5.26 Å². The summed E-state index contributed by atoms with van der Waals surface area (Å²) in [7, 11) is 0. The Morgan fingerprint density at radius 1 is 1.30 bits per heavy atom. The van der Waals surface area contributed by atoms with Crippen molar-refractivity contribution in [2.24, 2.45) is 5.41 Å². The second kappa shape index (κ2) is 8.42. The molecule has 0 aromatic heterocycles. The molecule has 1 aliphatic heterocycles. The molecule has 3 nitrogen and oxygen atoms in total. The first-order valence-corrected chi connectivity index (χ1v) is 8.09. The van der Waals surface area contributed by atoms with E-state index in [-0.39, 0.29) is 5.41 Å². The number of hydrogen-bond acceptors (Lipinski definition) is 3. The van der Waals surface area contributed by atoms with Gasteiger partial charge < -0.3 is 0 Å². The summed E-state index contributed by atoms with van der Waals surface area (Å²) in [5.74, 6) is 0.313. The second-order valence-corrected chi connectivity index (χ2v) is 6.90. The van der Waals surface area contributed by atoms with Gasteiger partial charge in [0.05, 0.1) is 11.5 Å². The van der Waals surface area contributed by atoms with E-state index in [1.165, 1.54) is 25.7 Å². The van der Waals surface area contributed by atoms with Gasteiger partial charge in [0.1, 0.15) is 5.78 Å². The summed E-state index contributed by atoms with van der Waals surface area (Å²) in [4.78, 5) is 13.9. The highest BCUT2D eigenvalue weighted by atomic mass is 16.1. The summed E-state index contributed by atoms with van der Waals surface area (Å²) in [6.45, 7) is 7.95. The molecule has 0 N–H and O–H groups in total. The highest BCUT2D eigenvalue weighted by Gasteiger charge is 2.22. The summed E-state index contributed by atoms with van der Waals surface area (Å²) in [6, 6.07) is 2.82. The molecule has 1 unspecified atom stereocenters. The normalized spacial score (nSPS) is 21.2. The van der Waals surface area contributed by atoms with Crippen molar-refractivity contribution < 1.29 is 4.79 Å². The molecule has 1 saturated heterocycles. The molecule has 0 aliphatic carbocycles. The Hall–Kier alpha value is -0.880. The van der Waals surface area contributed by atoms with E-state index < -0.39 is 0 Å². The maximum atomic E-state index is 11.4. The molecule has 114 valence electrons. The zero-order valence-electron chi connectivity index (χ0n) is 13.5. The van der Waals surface area contributed by atoms with Crippen LogP contribution in [0.25, 0.3) is 0 Å². The fraction of sp³-hybridized carbons (Fsp3) is 0.882. The minimum Gasteiger partial charge on any atom is -0.300 e. The lowest BCUT2D eigenvalue weighted by Gasteiger charge is -2.29. The average Bonchev–Trinajstić information content (AvgIpc) is 2.60. The van der Waals surface area contributed by atoms with Gasteiger partial charge >= 0.3 is 0 Å². The maximum Gasteiger partial charge on any atom is 0.131 e. The molecule has 0 aromatic carbocycles. The fourth-order valence-electron chi connectivity index (χ4n) is 3.03. The Balaban J connectivity index is 2.38.